The van der Waals surface area contributed by atoms with Crippen LogP contribution in [0.4, 0.5) is 5.69 Å². The average Bonchev–Trinajstić information content (AvgIpc) is 3.63. The third-order valence-electron chi connectivity index (χ3n) is 8.03. The number of aromatic nitrogens is 1. The molecule has 0 saturated heterocycles. The molecule has 6 rings (SSSR count). The van der Waals surface area contributed by atoms with Crippen LogP contribution in [-0.2, 0) is 0 Å². The summed E-state index contributed by atoms with van der Waals surface area (Å²) < 4.78 is 45.6. The standard InChI is InChI=1S/C37H37N3O9/c1-21-10-12-26-25(16-21)37(41)39-36(38-26)22-11-13-28(31(17-22)42-2)47-14-15-48-29-9-7-8-24(34(29)45-5)30-20-27(40-49-30)23-18-32(43-3)35(46-6)33(19-23)44-4/h7-13,16-20,36,38H,14-15H2,1-6H3,(H,39,41). The first kappa shape index (κ1) is 32.9. The van der Waals surface area contributed by atoms with Crippen molar-refractivity contribution in [1.82, 2.24) is 10.5 Å². The Morgan fingerprint density at radius 1 is 0.673 bits per heavy atom. The van der Waals surface area contributed by atoms with Crippen LogP contribution in [0, 0.1) is 6.92 Å². The Morgan fingerprint density at radius 3 is 2.08 bits per heavy atom. The summed E-state index contributed by atoms with van der Waals surface area (Å²) in [7, 11) is 7.80. The second kappa shape index (κ2) is 14.4. The molecule has 2 N–H and O–H groups in total. The Balaban J connectivity index is 1.12. The molecular formula is C37H37N3O9. The molecule has 12 nitrogen and oxygen atoms in total. The highest BCUT2D eigenvalue weighted by Crippen LogP contribution is 2.43. The van der Waals surface area contributed by atoms with Gasteiger partial charge in [-0.25, -0.2) is 0 Å². The second-order valence-electron chi connectivity index (χ2n) is 11.0. The molecule has 1 atom stereocenters. The van der Waals surface area contributed by atoms with Crippen molar-refractivity contribution >= 4 is 11.6 Å². The third kappa shape index (κ3) is 6.71. The molecule has 1 unspecified atom stereocenters. The van der Waals surface area contributed by atoms with Crippen LogP contribution in [0.15, 0.2) is 77.3 Å². The van der Waals surface area contributed by atoms with Gasteiger partial charge in [0.15, 0.2) is 40.3 Å². The van der Waals surface area contributed by atoms with Crippen LogP contribution >= 0.6 is 0 Å². The third-order valence-corrected chi connectivity index (χ3v) is 8.03. The van der Waals surface area contributed by atoms with Gasteiger partial charge in [0.1, 0.15) is 25.1 Å². The zero-order valence-electron chi connectivity index (χ0n) is 28.0. The van der Waals surface area contributed by atoms with Crippen LogP contribution in [0.3, 0.4) is 0 Å². The van der Waals surface area contributed by atoms with E-state index in [-0.39, 0.29) is 19.1 Å². The summed E-state index contributed by atoms with van der Waals surface area (Å²) in [6.45, 7) is 2.40. The predicted molar refractivity (Wildman–Crippen MR) is 183 cm³/mol. The maximum absolute atomic E-state index is 12.8. The van der Waals surface area contributed by atoms with E-state index < -0.39 is 6.17 Å². The largest absolute Gasteiger partial charge is 0.493 e. The molecule has 0 bridgehead atoms. The fraction of sp³-hybridized carbons (Fsp3) is 0.243. The van der Waals surface area contributed by atoms with Crippen molar-refractivity contribution in [3.63, 3.8) is 0 Å². The molecule has 1 amide bonds. The minimum absolute atomic E-state index is 0.138. The smallest absolute Gasteiger partial charge is 0.255 e. The van der Waals surface area contributed by atoms with E-state index in [0.717, 1.165) is 22.4 Å². The lowest BCUT2D eigenvalue weighted by molar-refractivity contribution is 0.0935. The van der Waals surface area contributed by atoms with Crippen LogP contribution in [-0.4, -0.2) is 59.8 Å². The number of carbonyl (C=O) groups is 1. The maximum atomic E-state index is 12.8. The molecule has 0 aliphatic carbocycles. The molecule has 0 saturated carbocycles. The van der Waals surface area contributed by atoms with Gasteiger partial charge in [0.05, 0.1) is 46.7 Å². The molecular weight excluding hydrogens is 630 g/mol. The zero-order valence-corrected chi connectivity index (χ0v) is 28.0. The van der Waals surface area contributed by atoms with Gasteiger partial charge in [0.25, 0.3) is 5.91 Å². The molecule has 4 aromatic carbocycles. The van der Waals surface area contributed by atoms with Gasteiger partial charge in [-0.15, -0.1) is 0 Å². The van der Waals surface area contributed by atoms with Crippen molar-refractivity contribution in [3.05, 3.63) is 89.5 Å². The molecule has 2 heterocycles. The van der Waals surface area contributed by atoms with Crippen molar-refractivity contribution in [2.45, 2.75) is 13.1 Å². The number of amides is 1. The first-order valence-corrected chi connectivity index (χ1v) is 15.4. The van der Waals surface area contributed by atoms with Crippen LogP contribution in [0.2, 0.25) is 0 Å². The molecule has 1 aromatic heterocycles. The van der Waals surface area contributed by atoms with E-state index >= 15 is 0 Å². The van der Waals surface area contributed by atoms with Gasteiger partial charge >= 0.3 is 0 Å². The zero-order chi connectivity index (χ0) is 34.5. The number of ether oxygens (including phenoxy) is 7. The normalized spacial score (nSPS) is 13.4. The molecule has 0 fully saturated rings. The van der Waals surface area contributed by atoms with Crippen molar-refractivity contribution < 1.29 is 42.5 Å². The summed E-state index contributed by atoms with van der Waals surface area (Å²) in [4.78, 5) is 12.8. The van der Waals surface area contributed by atoms with E-state index in [9.17, 15) is 4.79 Å². The summed E-state index contributed by atoms with van der Waals surface area (Å²) >= 11 is 0. The number of nitrogens with one attached hydrogen (secondary N) is 2. The van der Waals surface area contributed by atoms with Crippen molar-refractivity contribution in [2.24, 2.45) is 0 Å². The van der Waals surface area contributed by atoms with E-state index in [1.165, 1.54) is 0 Å². The number of para-hydroxylation sites is 1. The number of hydrogen-bond donors (Lipinski definition) is 2. The van der Waals surface area contributed by atoms with E-state index in [2.05, 4.69) is 15.8 Å². The lowest BCUT2D eigenvalue weighted by Gasteiger charge is -2.28. The number of nitrogens with zero attached hydrogens (tertiary/aromatic N) is 1. The van der Waals surface area contributed by atoms with E-state index in [1.54, 1.807) is 59.8 Å². The Morgan fingerprint density at radius 2 is 1.39 bits per heavy atom. The quantitative estimate of drug-likeness (QED) is 0.131. The fourth-order valence-corrected chi connectivity index (χ4v) is 5.63. The SMILES string of the molecule is COc1cc(C2NC(=O)c3cc(C)ccc3N2)ccc1OCCOc1cccc(-c2cc(-c3cc(OC)c(OC)c(OC)c3)no2)c1OC. The molecule has 12 heteroatoms. The molecule has 254 valence electrons. The van der Waals surface area contributed by atoms with Crippen LogP contribution in [0.5, 0.6) is 40.2 Å². The number of rotatable bonds is 13. The molecule has 0 radical (unpaired) electrons. The van der Waals surface area contributed by atoms with E-state index in [0.29, 0.717) is 62.8 Å². The summed E-state index contributed by atoms with van der Waals surface area (Å²) in [6, 6.07) is 22.2. The van der Waals surface area contributed by atoms with Crippen molar-refractivity contribution in [3.8, 4) is 62.8 Å². The van der Waals surface area contributed by atoms with Gasteiger partial charge in [-0.05, 0) is 61.0 Å². The van der Waals surface area contributed by atoms with Gasteiger partial charge in [-0.2, -0.15) is 0 Å². The van der Waals surface area contributed by atoms with Gasteiger partial charge in [0, 0.05) is 17.3 Å². The number of anilines is 1. The molecule has 1 aliphatic rings. The summed E-state index contributed by atoms with van der Waals surface area (Å²) in [5.41, 5.74) is 5.18. The lowest BCUT2D eigenvalue weighted by Crippen LogP contribution is -2.38. The Hall–Kier alpha value is -6.04. The maximum Gasteiger partial charge on any atom is 0.255 e. The highest BCUT2D eigenvalue weighted by Gasteiger charge is 2.26. The molecule has 5 aromatic rings. The summed E-state index contributed by atoms with van der Waals surface area (Å²) in [6.07, 6.45) is -0.420. The number of methoxy groups -OCH3 is 5. The molecule has 0 spiro atoms. The molecule has 1 aliphatic heterocycles. The topological polar surface area (TPSA) is 132 Å². The second-order valence-corrected chi connectivity index (χ2v) is 11.0. The lowest BCUT2D eigenvalue weighted by atomic mass is 10.0. The average molecular weight is 668 g/mol. The van der Waals surface area contributed by atoms with E-state index in [4.69, 9.17) is 37.7 Å². The highest BCUT2D eigenvalue weighted by atomic mass is 16.6. The van der Waals surface area contributed by atoms with Gasteiger partial charge < -0.3 is 48.3 Å². The predicted octanol–water partition coefficient (Wildman–Crippen LogP) is 6.67. The van der Waals surface area contributed by atoms with Gasteiger partial charge in [-0.1, -0.05) is 28.9 Å². The van der Waals surface area contributed by atoms with E-state index in [1.807, 2.05) is 55.5 Å². The van der Waals surface area contributed by atoms with Crippen molar-refractivity contribution in [1.29, 1.82) is 0 Å². The van der Waals surface area contributed by atoms with Gasteiger partial charge in [-0.3, -0.25) is 4.79 Å². The first-order chi connectivity index (χ1) is 23.9. The Kier molecular flexibility index (Phi) is 9.65. The van der Waals surface area contributed by atoms with Crippen LogP contribution < -0.4 is 43.8 Å². The number of aryl methyl sites for hydroxylation is 1. The number of fused-ring (bicyclic) bond motifs is 1. The Bertz CT molecular complexity index is 1950. The first-order valence-electron chi connectivity index (χ1n) is 15.4. The summed E-state index contributed by atoms with van der Waals surface area (Å²) in [5, 5.41) is 10.7. The molecule has 49 heavy (non-hydrogen) atoms. The minimum atomic E-state index is -0.420. The number of hydrogen-bond acceptors (Lipinski definition) is 11. The minimum Gasteiger partial charge on any atom is -0.493 e. The Labute approximate surface area is 283 Å². The summed E-state index contributed by atoms with van der Waals surface area (Å²) in [5.74, 6) is 3.88. The van der Waals surface area contributed by atoms with Crippen LogP contribution in [0.1, 0.15) is 27.7 Å². The fourth-order valence-electron chi connectivity index (χ4n) is 5.63. The van der Waals surface area contributed by atoms with Crippen molar-refractivity contribution in [2.75, 3.05) is 54.1 Å². The number of benzene rings is 4. The highest BCUT2D eigenvalue weighted by molar-refractivity contribution is 6.02. The van der Waals surface area contributed by atoms with Gasteiger partial charge in [0.2, 0.25) is 5.75 Å². The number of carbonyl (C=O) groups excluding carboxylic acids is 1. The monoisotopic (exact) mass is 667 g/mol. The van der Waals surface area contributed by atoms with Crippen LogP contribution in [0.25, 0.3) is 22.6 Å².